The zero-order valence-corrected chi connectivity index (χ0v) is 25.8. The number of nitrogens with zero attached hydrogens (tertiary/aromatic N) is 4. The van der Waals surface area contributed by atoms with Crippen LogP contribution < -0.4 is 5.32 Å². The molecule has 3 aliphatic rings. The van der Waals surface area contributed by atoms with Crippen molar-refractivity contribution in [1.82, 2.24) is 19.9 Å². The highest BCUT2D eigenvalue weighted by molar-refractivity contribution is 5.93. The Kier molecular flexibility index (Phi) is 8.32. The molecule has 3 aromatic rings. The van der Waals surface area contributed by atoms with E-state index in [-0.39, 0.29) is 17.1 Å². The maximum absolute atomic E-state index is 16.7. The van der Waals surface area contributed by atoms with Gasteiger partial charge in [0.1, 0.15) is 28.7 Å². The number of nitrogens with one attached hydrogen (secondary N) is 1. The van der Waals surface area contributed by atoms with Gasteiger partial charge in [0.05, 0.1) is 5.39 Å². The summed E-state index contributed by atoms with van der Waals surface area (Å²) >= 11 is 0. The number of benzene rings is 1. The van der Waals surface area contributed by atoms with Crippen molar-refractivity contribution in [3.8, 4) is 11.3 Å². The van der Waals surface area contributed by atoms with Gasteiger partial charge in [0, 0.05) is 36.7 Å². The van der Waals surface area contributed by atoms with Crippen LogP contribution in [0.4, 0.5) is 14.6 Å². The smallest absolute Gasteiger partial charge is 0.175 e. The third kappa shape index (κ3) is 5.45. The Bertz CT molecular complexity index is 1500. The highest BCUT2D eigenvalue weighted by Crippen LogP contribution is 2.43. The molecule has 1 aliphatic carbocycles. The maximum atomic E-state index is 16.7. The minimum atomic E-state index is -0.447. The normalized spacial score (nSPS) is 18.3. The molecule has 5 nitrogen and oxygen atoms in total. The molecule has 0 amide bonds. The van der Waals surface area contributed by atoms with Crippen molar-refractivity contribution in [3.63, 3.8) is 0 Å². The standard InChI is InChI=1S/C35H45F2N5/c1-5-25-28(36)11-10-24-19-23(4)20-26(30(24)25)32-31(37)33-27(21-39-32)34(38-16-6-9-22(2)3)41-29(40-33)12-15-35-13-7-17-42(35)18-8-14-35/h19-22H,5-18H2,1-4H3,(H,38,40,41). The minimum absolute atomic E-state index is 0.0963. The lowest BCUT2D eigenvalue weighted by atomic mass is 9.83. The van der Waals surface area contributed by atoms with E-state index < -0.39 is 5.82 Å². The molecule has 2 aliphatic heterocycles. The highest BCUT2D eigenvalue weighted by Gasteiger charge is 2.43. The van der Waals surface area contributed by atoms with E-state index in [0.717, 1.165) is 48.9 Å². The van der Waals surface area contributed by atoms with Crippen molar-refractivity contribution < 1.29 is 8.78 Å². The van der Waals surface area contributed by atoms with Crippen LogP contribution in [0.3, 0.4) is 0 Å². The lowest BCUT2D eigenvalue weighted by Crippen LogP contribution is -2.38. The lowest BCUT2D eigenvalue weighted by molar-refractivity contribution is 0.182. The van der Waals surface area contributed by atoms with Gasteiger partial charge in [-0.05, 0) is 106 Å². The predicted octanol–water partition coefficient (Wildman–Crippen LogP) is 8.59. The summed E-state index contributed by atoms with van der Waals surface area (Å²) in [6.45, 7) is 11.5. The first-order chi connectivity index (χ1) is 20.3. The van der Waals surface area contributed by atoms with E-state index >= 15 is 8.78 Å². The number of aryl methyl sites for hydroxylation is 3. The summed E-state index contributed by atoms with van der Waals surface area (Å²) in [5.74, 6) is 1.43. The maximum Gasteiger partial charge on any atom is 0.175 e. The zero-order chi connectivity index (χ0) is 29.4. The lowest BCUT2D eigenvalue weighted by Gasteiger charge is -2.32. The summed E-state index contributed by atoms with van der Waals surface area (Å²) in [5.41, 5.74) is 5.02. The molecule has 0 bridgehead atoms. The van der Waals surface area contributed by atoms with E-state index in [0.29, 0.717) is 58.9 Å². The second kappa shape index (κ2) is 12.0. The Morgan fingerprint density at radius 3 is 2.60 bits per heavy atom. The van der Waals surface area contributed by atoms with Crippen molar-refractivity contribution in [2.24, 2.45) is 5.92 Å². The van der Waals surface area contributed by atoms with Crippen LogP contribution in [0.5, 0.6) is 0 Å². The van der Waals surface area contributed by atoms with Crippen LogP contribution in [0.25, 0.3) is 27.7 Å². The van der Waals surface area contributed by atoms with Crippen LogP contribution in [0.15, 0.2) is 24.2 Å². The number of hydrogen-bond acceptors (Lipinski definition) is 5. The number of allylic oxidation sites excluding steroid dienone is 2. The molecule has 0 saturated carbocycles. The van der Waals surface area contributed by atoms with Gasteiger partial charge in [-0.2, -0.15) is 0 Å². The van der Waals surface area contributed by atoms with E-state index in [1.165, 1.54) is 38.8 Å². The molecule has 2 fully saturated rings. The Morgan fingerprint density at radius 2 is 1.86 bits per heavy atom. The summed E-state index contributed by atoms with van der Waals surface area (Å²) in [6, 6.07) is 4.06. The summed E-state index contributed by atoms with van der Waals surface area (Å²) in [6.07, 6.45) is 12.1. The second-order valence-electron chi connectivity index (χ2n) is 13.1. The molecule has 4 heterocycles. The number of halogens is 2. The van der Waals surface area contributed by atoms with E-state index in [1.807, 2.05) is 19.9 Å². The first-order valence-corrected chi connectivity index (χ1v) is 16.2. The van der Waals surface area contributed by atoms with Crippen molar-refractivity contribution in [2.45, 2.75) is 104 Å². The molecule has 7 heteroatoms. The number of hydrogen-bond donors (Lipinski definition) is 1. The van der Waals surface area contributed by atoms with Gasteiger partial charge in [0.25, 0.3) is 0 Å². The summed E-state index contributed by atoms with van der Waals surface area (Å²) in [4.78, 5) is 17.1. The van der Waals surface area contributed by atoms with Crippen molar-refractivity contribution in [1.29, 1.82) is 0 Å². The summed E-state index contributed by atoms with van der Waals surface area (Å²) < 4.78 is 31.7. The number of pyridine rings is 1. The molecular formula is C35H45F2N5. The van der Waals surface area contributed by atoms with Crippen LogP contribution in [0, 0.1) is 18.7 Å². The fraction of sp³-hybridized carbons (Fsp3) is 0.571. The monoisotopic (exact) mass is 573 g/mol. The molecule has 0 radical (unpaired) electrons. The molecular weight excluding hydrogens is 528 g/mol. The predicted molar refractivity (Wildman–Crippen MR) is 168 cm³/mol. The van der Waals surface area contributed by atoms with Gasteiger partial charge < -0.3 is 5.32 Å². The number of aromatic nitrogens is 3. The quantitative estimate of drug-likeness (QED) is 0.246. The average Bonchev–Trinajstić information content (AvgIpc) is 3.55. The molecule has 0 atom stereocenters. The number of fused-ring (bicyclic) bond motifs is 3. The Balaban J connectivity index is 1.42. The van der Waals surface area contributed by atoms with Gasteiger partial charge in [-0.3, -0.25) is 9.88 Å². The molecule has 2 aromatic heterocycles. The fourth-order valence-electron chi connectivity index (χ4n) is 7.73. The van der Waals surface area contributed by atoms with Crippen LogP contribution in [0.1, 0.15) is 101 Å². The first kappa shape index (κ1) is 29.2. The van der Waals surface area contributed by atoms with E-state index in [1.54, 1.807) is 6.20 Å². The summed E-state index contributed by atoms with van der Waals surface area (Å²) in [7, 11) is 0. The van der Waals surface area contributed by atoms with Gasteiger partial charge in [-0.1, -0.05) is 32.4 Å². The van der Waals surface area contributed by atoms with Crippen molar-refractivity contribution >= 4 is 22.3 Å². The Morgan fingerprint density at radius 1 is 1.07 bits per heavy atom. The largest absolute Gasteiger partial charge is 0.369 e. The van der Waals surface area contributed by atoms with Crippen LogP contribution in [0.2, 0.25) is 0 Å². The minimum Gasteiger partial charge on any atom is -0.369 e. The van der Waals surface area contributed by atoms with Gasteiger partial charge in [-0.15, -0.1) is 0 Å². The number of anilines is 1. The zero-order valence-electron chi connectivity index (χ0n) is 25.8. The van der Waals surface area contributed by atoms with E-state index in [4.69, 9.17) is 9.97 Å². The van der Waals surface area contributed by atoms with Crippen LogP contribution >= 0.6 is 0 Å². The third-order valence-electron chi connectivity index (χ3n) is 9.82. The molecule has 1 aromatic carbocycles. The van der Waals surface area contributed by atoms with Crippen molar-refractivity contribution in [2.75, 3.05) is 25.0 Å². The molecule has 0 unspecified atom stereocenters. The van der Waals surface area contributed by atoms with Gasteiger partial charge in [-0.25, -0.2) is 18.7 Å². The average molecular weight is 574 g/mol. The van der Waals surface area contributed by atoms with Crippen LogP contribution in [-0.2, 0) is 12.8 Å². The molecule has 224 valence electrons. The third-order valence-corrected chi connectivity index (χ3v) is 9.82. The molecule has 6 rings (SSSR count). The van der Waals surface area contributed by atoms with E-state index in [9.17, 15) is 0 Å². The van der Waals surface area contributed by atoms with Crippen molar-refractivity contribution in [3.05, 3.63) is 52.5 Å². The van der Waals surface area contributed by atoms with Crippen LogP contribution in [-0.4, -0.2) is 45.0 Å². The van der Waals surface area contributed by atoms with Gasteiger partial charge >= 0.3 is 0 Å². The topological polar surface area (TPSA) is 53.9 Å². The Labute approximate surface area is 249 Å². The summed E-state index contributed by atoms with van der Waals surface area (Å²) in [5, 5.41) is 4.10. The molecule has 1 N–H and O–H groups in total. The van der Waals surface area contributed by atoms with E-state index in [2.05, 4.69) is 35.1 Å². The Hall–Kier alpha value is -2.93. The van der Waals surface area contributed by atoms with Gasteiger partial charge in [0.2, 0.25) is 0 Å². The highest BCUT2D eigenvalue weighted by atomic mass is 19.1. The SMILES string of the molecule is CCC1=C(F)CCc2cc(C)cc(-c3ncc4c(NCCCC(C)C)nc(CCC56CCCN5CCC6)nc4c3F)c21. The molecule has 0 spiro atoms. The molecule has 42 heavy (non-hydrogen) atoms. The van der Waals surface area contributed by atoms with Gasteiger partial charge in [0.15, 0.2) is 5.82 Å². The molecule has 2 saturated heterocycles. The second-order valence-corrected chi connectivity index (χ2v) is 13.1. The first-order valence-electron chi connectivity index (χ1n) is 16.2. The number of rotatable bonds is 10. The fourth-order valence-corrected chi connectivity index (χ4v) is 7.73.